The molecule has 2 aliphatic rings. The van der Waals surface area contributed by atoms with Crippen LogP contribution in [0.4, 0.5) is 5.82 Å². The molecule has 1 saturated carbocycles. The van der Waals surface area contributed by atoms with Crippen molar-refractivity contribution in [1.82, 2.24) is 14.6 Å². The maximum atomic E-state index is 9.61. The maximum absolute atomic E-state index is 9.61. The summed E-state index contributed by atoms with van der Waals surface area (Å²) in [5, 5.41) is 13.8. The smallest absolute Gasteiger partial charge is 0.151 e. The number of nitrogens with two attached hydrogens (primary N) is 1. The number of aromatic nitrogens is 3. The lowest BCUT2D eigenvalue weighted by molar-refractivity contribution is 0.00875. The predicted molar refractivity (Wildman–Crippen MR) is 63.7 cm³/mol. The molecule has 3 N–H and O–H groups in total. The highest BCUT2D eigenvalue weighted by Crippen LogP contribution is 2.55. The fraction of sp³-hybridized carbons (Fsp3) is 0.500. The second kappa shape index (κ2) is 3.21. The lowest BCUT2D eigenvalue weighted by Crippen LogP contribution is -2.16. The van der Waals surface area contributed by atoms with Crippen LogP contribution < -0.4 is 5.73 Å². The van der Waals surface area contributed by atoms with Crippen molar-refractivity contribution in [2.45, 2.75) is 25.2 Å². The topological polar surface area (TPSA) is 85.7 Å². The molecule has 1 aliphatic carbocycles. The fourth-order valence-electron chi connectivity index (χ4n) is 3.09. The maximum Gasteiger partial charge on any atom is 0.151 e. The molecule has 2 aromatic rings. The number of aliphatic hydroxyl groups is 1. The monoisotopic (exact) mass is 246 g/mol. The summed E-state index contributed by atoms with van der Waals surface area (Å²) in [5.74, 6) is 1.02. The van der Waals surface area contributed by atoms with Crippen LogP contribution >= 0.6 is 0 Å². The lowest BCUT2D eigenvalue weighted by atomic mass is 9.98. The second-order valence-corrected chi connectivity index (χ2v) is 5.15. The van der Waals surface area contributed by atoms with Gasteiger partial charge in [-0.15, -0.1) is 0 Å². The van der Waals surface area contributed by atoms with Gasteiger partial charge >= 0.3 is 0 Å². The van der Waals surface area contributed by atoms with Crippen LogP contribution in [-0.2, 0) is 4.74 Å². The van der Waals surface area contributed by atoms with Gasteiger partial charge in [0.15, 0.2) is 5.82 Å². The third-order valence-electron chi connectivity index (χ3n) is 4.16. The van der Waals surface area contributed by atoms with Crippen LogP contribution in [-0.4, -0.2) is 31.9 Å². The summed E-state index contributed by atoms with van der Waals surface area (Å²) in [6, 6.07) is 3.87. The highest BCUT2D eigenvalue weighted by Gasteiger charge is 2.62. The highest BCUT2D eigenvalue weighted by atomic mass is 16.5. The van der Waals surface area contributed by atoms with Gasteiger partial charge < -0.3 is 15.6 Å². The van der Waals surface area contributed by atoms with E-state index in [9.17, 15) is 5.11 Å². The van der Waals surface area contributed by atoms with Crippen molar-refractivity contribution in [2.75, 3.05) is 5.73 Å². The van der Waals surface area contributed by atoms with E-state index in [2.05, 4.69) is 17.0 Å². The summed E-state index contributed by atoms with van der Waals surface area (Å²) in [7, 11) is 0. The Bertz CT molecular complexity index is 626. The number of nitrogens with zero attached hydrogens (tertiary/aromatic N) is 3. The molecular formula is C12H14N4O2. The third-order valence-corrected chi connectivity index (χ3v) is 4.16. The number of anilines is 1. The van der Waals surface area contributed by atoms with Crippen LogP contribution in [0.3, 0.4) is 0 Å². The number of ether oxygens (including phenoxy) is 1. The molecule has 1 aliphatic heterocycles. The standard InChI is InChI=1S/C12H14N4O2/c1-5-8-9(17)11(8)18-10(5)6-2-3-7-12(13)14-4-15-16(6)7/h2-5,8-11,17H,1H3,(H2,13,14,15). The van der Waals surface area contributed by atoms with Gasteiger partial charge in [-0.2, -0.15) is 5.10 Å². The van der Waals surface area contributed by atoms with Gasteiger partial charge in [-0.1, -0.05) is 6.92 Å². The minimum Gasteiger partial charge on any atom is -0.390 e. The molecule has 5 atom stereocenters. The minimum atomic E-state index is -0.290. The van der Waals surface area contributed by atoms with E-state index in [0.29, 0.717) is 11.7 Å². The number of hydrogen-bond acceptors (Lipinski definition) is 5. The summed E-state index contributed by atoms with van der Waals surface area (Å²) in [6.45, 7) is 2.11. The molecule has 2 fully saturated rings. The predicted octanol–water partition coefficient (Wildman–Crippen LogP) is 0.378. The van der Waals surface area contributed by atoms with E-state index < -0.39 is 0 Å². The van der Waals surface area contributed by atoms with Gasteiger partial charge in [0.2, 0.25) is 0 Å². The molecule has 0 radical (unpaired) electrons. The largest absolute Gasteiger partial charge is 0.390 e. The average molecular weight is 246 g/mol. The number of rotatable bonds is 1. The van der Waals surface area contributed by atoms with Crippen LogP contribution in [0.5, 0.6) is 0 Å². The molecule has 1 saturated heterocycles. The summed E-state index contributed by atoms with van der Waals surface area (Å²) < 4.78 is 7.66. The molecule has 5 unspecified atom stereocenters. The Morgan fingerprint density at radius 1 is 1.44 bits per heavy atom. The van der Waals surface area contributed by atoms with E-state index in [1.807, 2.05) is 12.1 Å². The minimum absolute atomic E-state index is 0.00488. The van der Waals surface area contributed by atoms with E-state index in [1.165, 1.54) is 6.33 Å². The first kappa shape index (κ1) is 10.3. The first-order chi connectivity index (χ1) is 8.68. The van der Waals surface area contributed by atoms with Gasteiger partial charge in [0.1, 0.15) is 17.9 Å². The Labute approximate surface area is 103 Å². The SMILES string of the molecule is CC1C(c2ccc3c(N)ncnn23)OC2C(O)C12. The van der Waals surface area contributed by atoms with Crippen molar-refractivity contribution in [3.63, 3.8) is 0 Å². The van der Waals surface area contributed by atoms with E-state index in [4.69, 9.17) is 10.5 Å². The van der Waals surface area contributed by atoms with Crippen LogP contribution in [0.1, 0.15) is 18.7 Å². The van der Waals surface area contributed by atoms with Gasteiger partial charge in [0.05, 0.1) is 17.9 Å². The molecule has 0 bridgehead atoms. The summed E-state index contributed by atoms with van der Waals surface area (Å²) in [4.78, 5) is 3.97. The zero-order chi connectivity index (χ0) is 12.4. The first-order valence-corrected chi connectivity index (χ1v) is 6.10. The zero-order valence-corrected chi connectivity index (χ0v) is 9.89. The molecule has 0 spiro atoms. The van der Waals surface area contributed by atoms with Crippen LogP contribution in [0, 0.1) is 11.8 Å². The molecule has 2 aromatic heterocycles. The second-order valence-electron chi connectivity index (χ2n) is 5.15. The quantitative estimate of drug-likeness (QED) is 0.759. The summed E-state index contributed by atoms with van der Waals surface area (Å²) >= 11 is 0. The van der Waals surface area contributed by atoms with Gasteiger partial charge in [0.25, 0.3) is 0 Å². The Morgan fingerprint density at radius 2 is 2.28 bits per heavy atom. The van der Waals surface area contributed by atoms with E-state index >= 15 is 0 Å². The van der Waals surface area contributed by atoms with Gasteiger partial charge in [-0.25, -0.2) is 9.50 Å². The average Bonchev–Trinajstić information content (AvgIpc) is 2.74. The van der Waals surface area contributed by atoms with E-state index in [1.54, 1.807) is 4.52 Å². The third kappa shape index (κ3) is 1.14. The molecule has 0 aromatic carbocycles. The Morgan fingerprint density at radius 3 is 3.00 bits per heavy atom. The molecule has 94 valence electrons. The number of fused-ring (bicyclic) bond motifs is 2. The van der Waals surface area contributed by atoms with Crippen LogP contribution in [0.25, 0.3) is 5.52 Å². The lowest BCUT2D eigenvalue weighted by Gasteiger charge is -2.19. The van der Waals surface area contributed by atoms with E-state index in [0.717, 1.165) is 11.2 Å². The zero-order valence-electron chi connectivity index (χ0n) is 9.89. The fourth-order valence-corrected chi connectivity index (χ4v) is 3.09. The van der Waals surface area contributed by atoms with Crippen LogP contribution in [0.2, 0.25) is 0 Å². The molecule has 6 heteroatoms. The Hall–Kier alpha value is -1.66. The summed E-state index contributed by atoms with van der Waals surface area (Å²) in [6.07, 6.45) is 1.12. The van der Waals surface area contributed by atoms with Crippen molar-refractivity contribution in [3.05, 3.63) is 24.2 Å². The number of aliphatic hydroxyl groups excluding tert-OH is 1. The van der Waals surface area contributed by atoms with E-state index in [-0.39, 0.29) is 24.2 Å². The van der Waals surface area contributed by atoms with Gasteiger partial charge in [-0.3, -0.25) is 0 Å². The molecule has 18 heavy (non-hydrogen) atoms. The molecule has 3 heterocycles. The van der Waals surface area contributed by atoms with Crippen molar-refractivity contribution in [2.24, 2.45) is 11.8 Å². The first-order valence-electron chi connectivity index (χ1n) is 6.10. The van der Waals surface area contributed by atoms with Crippen LogP contribution in [0.15, 0.2) is 18.5 Å². The van der Waals surface area contributed by atoms with Crippen molar-refractivity contribution >= 4 is 11.3 Å². The van der Waals surface area contributed by atoms with Crippen molar-refractivity contribution in [1.29, 1.82) is 0 Å². The van der Waals surface area contributed by atoms with Gasteiger partial charge in [-0.05, 0) is 18.1 Å². The molecule has 0 amide bonds. The summed E-state index contributed by atoms with van der Waals surface area (Å²) in [5.41, 5.74) is 7.58. The number of hydrogen-bond donors (Lipinski definition) is 2. The normalized spacial score (nSPS) is 38.0. The molecule has 6 nitrogen and oxygen atoms in total. The number of nitrogen functional groups attached to an aromatic ring is 1. The highest BCUT2D eigenvalue weighted by molar-refractivity contribution is 5.65. The van der Waals surface area contributed by atoms with Crippen molar-refractivity contribution < 1.29 is 9.84 Å². The Kier molecular flexibility index (Phi) is 1.83. The molecule has 4 rings (SSSR count). The van der Waals surface area contributed by atoms with Gasteiger partial charge in [0, 0.05) is 5.92 Å². The molecular weight excluding hydrogens is 232 g/mol. The van der Waals surface area contributed by atoms with Crippen molar-refractivity contribution in [3.8, 4) is 0 Å². The Balaban J connectivity index is 1.78.